The molecule has 0 aromatic heterocycles. The predicted octanol–water partition coefficient (Wildman–Crippen LogP) is 2.43. The van der Waals surface area contributed by atoms with Gasteiger partial charge >= 0.3 is 0 Å². The summed E-state index contributed by atoms with van der Waals surface area (Å²) in [6.07, 6.45) is 2.43. The second kappa shape index (κ2) is 6.24. The molecule has 2 fully saturated rings. The molecule has 4 nitrogen and oxygen atoms in total. The van der Waals surface area contributed by atoms with Crippen molar-refractivity contribution >= 4 is 5.69 Å². The van der Waals surface area contributed by atoms with Crippen molar-refractivity contribution < 1.29 is 9.47 Å². The van der Waals surface area contributed by atoms with E-state index in [1.54, 1.807) is 0 Å². The van der Waals surface area contributed by atoms with Gasteiger partial charge in [-0.3, -0.25) is 0 Å². The maximum Gasteiger partial charge on any atom is 0.121 e. The molecule has 0 saturated carbocycles. The highest BCUT2D eigenvalue weighted by Gasteiger charge is 2.31. The Hall–Kier alpha value is -1.26. The molecule has 2 heterocycles. The van der Waals surface area contributed by atoms with Crippen molar-refractivity contribution in [2.24, 2.45) is 0 Å². The molecule has 1 unspecified atom stereocenters. The van der Waals surface area contributed by atoms with Crippen LogP contribution in [0.15, 0.2) is 24.3 Å². The number of ether oxygens (including phenoxy) is 2. The molecule has 1 aromatic rings. The van der Waals surface area contributed by atoms with Crippen LogP contribution in [0.4, 0.5) is 5.69 Å². The molecule has 0 radical (unpaired) electrons. The lowest BCUT2D eigenvalue weighted by molar-refractivity contribution is -0.0326. The van der Waals surface area contributed by atoms with E-state index in [1.807, 2.05) is 6.07 Å². The molecule has 0 amide bonds. The Morgan fingerprint density at radius 2 is 2.14 bits per heavy atom. The van der Waals surface area contributed by atoms with Crippen LogP contribution in [-0.2, 0) is 4.74 Å². The highest BCUT2D eigenvalue weighted by Crippen LogP contribution is 2.30. The van der Waals surface area contributed by atoms with Crippen molar-refractivity contribution in [3.05, 3.63) is 24.3 Å². The molecule has 3 rings (SSSR count). The molecule has 2 saturated heterocycles. The van der Waals surface area contributed by atoms with E-state index < -0.39 is 0 Å². The molecule has 21 heavy (non-hydrogen) atoms. The number of hydrogen-bond donors (Lipinski definition) is 1. The first-order valence-corrected chi connectivity index (χ1v) is 7.99. The molecule has 0 aliphatic carbocycles. The van der Waals surface area contributed by atoms with Crippen LogP contribution in [0.2, 0.25) is 0 Å². The van der Waals surface area contributed by atoms with Gasteiger partial charge in [0.25, 0.3) is 0 Å². The highest BCUT2D eigenvalue weighted by molar-refractivity contribution is 5.51. The normalized spacial score (nSPS) is 25.0. The average Bonchev–Trinajstić information content (AvgIpc) is 2.86. The zero-order valence-electron chi connectivity index (χ0n) is 13.1. The van der Waals surface area contributed by atoms with Gasteiger partial charge < -0.3 is 19.7 Å². The summed E-state index contributed by atoms with van der Waals surface area (Å²) in [6, 6.07) is 8.41. The molecule has 1 aromatic carbocycles. The van der Waals surface area contributed by atoms with Gasteiger partial charge in [0, 0.05) is 37.9 Å². The average molecular weight is 290 g/mol. The Labute approximate surface area is 127 Å². The van der Waals surface area contributed by atoms with Gasteiger partial charge in [-0.1, -0.05) is 6.07 Å². The molecule has 2 aliphatic heterocycles. The minimum absolute atomic E-state index is 0.0106. The predicted molar refractivity (Wildman–Crippen MR) is 85.2 cm³/mol. The summed E-state index contributed by atoms with van der Waals surface area (Å²) < 4.78 is 11.9. The van der Waals surface area contributed by atoms with Crippen LogP contribution >= 0.6 is 0 Å². The first-order chi connectivity index (χ1) is 10.1. The number of piperazine rings is 1. The van der Waals surface area contributed by atoms with Gasteiger partial charge in [0.05, 0.1) is 11.7 Å². The summed E-state index contributed by atoms with van der Waals surface area (Å²) in [4.78, 5) is 2.40. The third kappa shape index (κ3) is 3.89. The molecule has 2 aliphatic rings. The highest BCUT2D eigenvalue weighted by atomic mass is 16.6. The quantitative estimate of drug-likeness (QED) is 0.923. The van der Waals surface area contributed by atoms with Crippen molar-refractivity contribution in [1.29, 1.82) is 0 Å². The topological polar surface area (TPSA) is 33.7 Å². The van der Waals surface area contributed by atoms with E-state index in [0.717, 1.165) is 44.8 Å². The van der Waals surface area contributed by atoms with E-state index in [0.29, 0.717) is 6.61 Å². The van der Waals surface area contributed by atoms with E-state index in [1.165, 1.54) is 5.69 Å². The van der Waals surface area contributed by atoms with E-state index in [9.17, 15) is 0 Å². The Bertz CT molecular complexity index is 470. The Balaban J connectivity index is 1.56. The van der Waals surface area contributed by atoms with Crippen LogP contribution in [-0.4, -0.2) is 44.5 Å². The maximum atomic E-state index is 5.97. The molecule has 0 spiro atoms. The standard InChI is InChI=1S/C17H26N2O2/c1-17(2)7-6-16(21-17)13-20-15-5-3-4-14(12-15)19-10-8-18-9-11-19/h3-5,12,16,18H,6-11,13H2,1-2H3. The van der Waals surface area contributed by atoms with Crippen molar-refractivity contribution in [2.75, 3.05) is 37.7 Å². The minimum Gasteiger partial charge on any atom is -0.491 e. The number of rotatable bonds is 4. The summed E-state index contributed by atoms with van der Waals surface area (Å²) >= 11 is 0. The third-order valence-electron chi connectivity index (χ3n) is 4.29. The maximum absolute atomic E-state index is 5.97. The smallest absolute Gasteiger partial charge is 0.121 e. The molecule has 0 bridgehead atoms. The molecule has 4 heteroatoms. The zero-order valence-corrected chi connectivity index (χ0v) is 13.1. The second-order valence-electron chi connectivity index (χ2n) is 6.58. The Morgan fingerprint density at radius 3 is 2.86 bits per heavy atom. The zero-order chi connectivity index (χ0) is 14.7. The number of nitrogens with zero attached hydrogens (tertiary/aromatic N) is 1. The largest absolute Gasteiger partial charge is 0.491 e. The van der Waals surface area contributed by atoms with Gasteiger partial charge in [-0.05, 0) is 38.8 Å². The third-order valence-corrected chi connectivity index (χ3v) is 4.29. The fraction of sp³-hybridized carbons (Fsp3) is 0.647. The minimum atomic E-state index is 0.0106. The van der Waals surface area contributed by atoms with Crippen molar-refractivity contribution in [3.8, 4) is 5.75 Å². The van der Waals surface area contributed by atoms with Crippen LogP contribution in [0, 0.1) is 0 Å². The molecular weight excluding hydrogens is 264 g/mol. The fourth-order valence-corrected chi connectivity index (χ4v) is 3.08. The van der Waals surface area contributed by atoms with Crippen LogP contribution in [0.3, 0.4) is 0 Å². The van der Waals surface area contributed by atoms with Gasteiger partial charge in [-0.2, -0.15) is 0 Å². The number of anilines is 1. The molecule has 1 atom stereocenters. The summed E-state index contributed by atoms with van der Waals surface area (Å²) in [5.41, 5.74) is 1.26. The van der Waals surface area contributed by atoms with E-state index >= 15 is 0 Å². The van der Waals surface area contributed by atoms with E-state index in [4.69, 9.17) is 9.47 Å². The first-order valence-electron chi connectivity index (χ1n) is 7.99. The van der Waals surface area contributed by atoms with Crippen molar-refractivity contribution in [3.63, 3.8) is 0 Å². The lowest BCUT2D eigenvalue weighted by Gasteiger charge is -2.29. The van der Waals surface area contributed by atoms with Gasteiger partial charge in [0.15, 0.2) is 0 Å². The summed E-state index contributed by atoms with van der Waals surface area (Å²) in [6.45, 7) is 9.17. The van der Waals surface area contributed by atoms with Gasteiger partial charge in [-0.25, -0.2) is 0 Å². The van der Waals surface area contributed by atoms with Gasteiger partial charge in [0.2, 0.25) is 0 Å². The molecule has 1 N–H and O–H groups in total. The number of nitrogens with one attached hydrogen (secondary N) is 1. The summed E-state index contributed by atoms with van der Waals surface area (Å²) in [5.74, 6) is 0.944. The van der Waals surface area contributed by atoms with Crippen molar-refractivity contribution in [1.82, 2.24) is 5.32 Å². The number of hydrogen-bond acceptors (Lipinski definition) is 4. The van der Waals surface area contributed by atoms with E-state index in [2.05, 4.69) is 42.3 Å². The molecule has 116 valence electrons. The SMILES string of the molecule is CC1(C)CCC(COc2cccc(N3CCNCC3)c2)O1. The lowest BCUT2D eigenvalue weighted by Crippen LogP contribution is -2.43. The van der Waals surface area contributed by atoms with Gasteiger partial charge in [-0.15, -0.1) is 0 Å². The van der Waals surface area contributed by atoms with Crippen LogP contribution in [0.5, 0.6) is 5.75 Å². The fourth-order valence-electron chi connectivity index (χ4n) is 3.08. The lowest BCUT2D eigenvalue weighted by atomic mass is 10.1. The first kappa shape index (κ1) is 14.7. The molecular formula is C17H26N2O2. The van der Waals surface area contributed by atoms with Crippen molar-refractivity contribution in [2.45, 2.75) is 38.4 Å². The Morgan fingerprint density at radius 1 is 1.33 bits per heavy atom. The van der Waals surface area contributed by atoms with Crippen LogP contribution in [0.1, 0.15) is 26.7 Å². The summed E-state index contributed by atoms with van der Waals surface area (Å²) in [7, 11) is 0. The Kier molecular flexibility index (Phi) is 4.36. The summed E-state index contributed by atoms with van der Waals surface area (Å²) in [5, 5.41) is 3.38. The van der Waals surface area contributed by atoms with Crippen LogP contribution < -0.4 is 15.0 Å². The monoisotopic (exact) mass is 290 g/mol. The van der Waals surface area contributed by atoms with Crippen LogP contribution in [0.25, 0.3) is 0 Å². The second-order valence-corrected chi connectivity index (χ2v) is 6.58. The number of benzene rings is 1. The van der Waals surface area contributed by atoms with E-state index in [-0.39, 0.29) is 11.7 Å². The van der Waals surface area contributed by atoms with Gasteiger partial charge in [0.1, 0.15) is 12.4 Å².